The molecule has 0 unspecified atom stereocenters. The SMILES string of the molecule is CN(CC(=O)NC1CC1)C(=O)COC(=O)CCCOc1ccccc1. The van der Waals surface area contributed by atoms with Crippen LogP contribution in [0.4, 0.5) is 0 Å². The molecular weight excluding hydrogens is 324 g/mol. The molecule has 25 heavy (non-hydrogen) atoms. The maximum atomic E-state index is 11.8. The van der Waals surface area contributed by atoms with Crippen LogP contribution in [0.3, 0.4) is 0 Å². The fourth-order valence-corrected chi connectivity index (χ4v) is 2.05. The fourth-order valence-electron chi connectivity index (χ4n) is 2.05. The average Bonchev–Trinajstić information content (AvgIpc) is 3.41. The summed E-state index contributed by atoms with van der Waals surface area (Å²) in [6.45, 7) is 0.0116. The Kier molecular flexibility index (Phi) is 7.25. The average molecular weight is 348 g/mol. The number of carbonyl (C=O) groups is 3. The normalized spacial score (nSPS) is 13.0. The van der Waals surface area contributed by atoms with Crippen molar-refractivity contribution in [2.24, 2.45) is 0 Å². The van der Waals surface area contributed by atoms with Crippen LogP contribution in [0.25, 0.3) is 0 Å². The highest BCUT2D eigenvalue weighted by molar-refractivity contribution is 5.86. The molecule has 1 saturated carbocycles. The van der Waals surface area contributed by atoms with Crippen molar-refractivity contribution in [2.45, 2.75) is 31.7 Å². The monoisotopic (exact) mass is 348 g/mol. The first kappa shape index (κ1) is 18.8. The van der Waals surface area contributed by atoms with Gasteiger partial charge in [-0.15, -0.1) is 0 Å². The lowest BCUT2D eigenvalue weighted by Crippen LogP contribution is -2.40. The minimum absolute atomic E-state index is 0.0300. The number of nitrogens with zero attached hydrogens (tertiary/aromatic N) is 1. The molecule has 2 amide bonds. The lowest BCUT2D eigenvalue weighted by molar-refractivity contribution is -0.152. The molecule has 1 aliphatic rings. The van der Waals surface area contributed by atoms with Gasteiger partial charge in [-0.25, -0.2) is 0 Å². The van der Waals surface area contributed by atoms with Gasteiger partial charge in [-0.1, -0.05) is 18.2 Å². The van der Waals surface area contributed by atoms with Gasteiger partial charge in [0.2, 0.25) is 5.91 Å². The molecule has 2 rings (SSSR count). The quantitative estimate of drug-likeness (QED) is 0.506. The molecule has 1 aromatic carbocycles. The van der Waals surface area contributed by atoms with Crippen LogP contribution >= 0.6 is 0 Å². The molecular formula is C18H24N2O5. The van der Waals surface area contributed by atoms with Crippen molar-refractivity contribution in [3.8, 4) is 5.75 Å². The molecule has 7 nitrogen and oxygen atoms in total. The molecule has 1 aromatic rings. The molecule has 0 radical (unpaired) electrons. The van der Waals surface area contributed by atoms with Crippen molar-refractivity contribution in [3.05, 3.63) is 30.3 Å². The minimum Gasteiger partial charge on any atom is -0.494 e. The number of hydrogen-bond acceptors (Lipinski definition) is 5. The largest absolute Gasteiger partial charge is 0.494 e. The summed E-state index contributed by atoms with van der Waals surface area (Å²) in [5.74, 6) is -0.305. The van der Waals surface area contributed by atoms with Gasteiger partial charge < -0.3 is 19.7 Å². The van der Waals surface area contributed by atoms with Crippen molar-refractivity contribution in [3.63, 3.8) is 0 Å². The molecule has 0 atom stereocenters. The molecule has 0 heterocycles. The topological polar surface area (TPSA) is 84.9 Å². The van der Waals surface area contributed by atoms with Gasteiger partial charge in [0, 0.05) is 19.5 Å². The molecule has 1 N–H and O–H groups in total. The number of amides is 2. The number of esters is 1. The van der Waals surface area contributed by atoms with Crippen molar-refractivity contribution < 1.29 is 23.9 Å². The number of benzene rings is 1. The number of ether oxygens (including phenoxy) is 2. The Hall–Kier alpha value is -2.57. The van der Waals surface area contributed by atoms with Gasteiger partial charge in [0.05, 0.1) is 13.2 Å². The summed E-state index contributed by atoms with van der Waals surface area (Å²) in [6, 6.07) is 9.58. The van der Waals surface area contributed by atoms with Crippen molar-refractivity contribution in [1.29, 1.82) is 0 Å². The van der Waals surface area contributed by atoms with E-state index < -0.39 is 11.9 Å². The number of nitrogens with one attached hydrogen (secondary N) is 1. The summed E-state index contributed by atoms with van der Waals surface area (Å²) >= 11 is 0. The number of para-hydroxylation sites is 1. The van der Waals surface area contributed by atoms with Crippen molar-refractivity contribution >= 4 is 17.8 Å². The van der Waals surface area contributed by atoms with Crippen LogP contribution in [0.5, 0.6) is 5.75 Å². The third-order valence-corrected chi connectivity index (χ3v) is 3.64. The van der Waals surface area contributed by atoms with Gasteiger partial charge in [-0.2, -0.15) is 0 Å². The second-order valence-electron chi connectivity index (χ2n) is 6.02. The standard InChI is InChI=1S/C18H24N2O5/c1-20(12-16(21)19-14-9-10-14)17(22)13-25-18(23)8-5-11-24-15-6-3-2-4-7-15/h2-4,6-7,14H,5,8-13H2,1H3,(H,19,21). The van der Waals surface area contributed by atoms with Gasteiger partial charge in [0.15, 0.2) is 6.61 Å². The van der Waals surface area contributed by atoms with E-state index in [9.17, 15) is 14.4 Å². The van der Waals surface area contributed by atoms with Crippen molar-refractivity contribution in [1.82, 2.24) is 10.2 Å². The molecule has 0 saturated heterocycles. The zero-order valence-electron chi connectivity index (χ0n) is 14.4. The van der Waals surface area contributed by atoms with Gasteiger partial charge in [-0.3, -0.25) is 14.4 Å². The van der Waals surface area contributed by atoms with Crippen LogP contribution in [0.1, 0.15) is 25.7 Å². The second kappa shape index (κ2) is 9.66. The Morgan fingerprint density at radius 2 is 1.92 bits per heavy atom. The minimum atomic E-state index is -0.458. The summed E-state index contributed by atoms with van der Waals surface area (Å²) in [6.07, 6.45) is 2.66. The van der Waals surface area contributed by atoms with E-state index >= 15 is 0 Å². The maximum absolute atomic E-state index is 11.8. The number of hydrogen-bond donors (Lipinski definition) is 1. The molecule has 0 spiro atoms. The summed E-state index contributed by atoms with van der Waals surface area (Å²) < 4.78 is 10.4. The predicted octanol–water partition coefficient (Wildman–Crippen LogP) is 1.13. The number of carbonyl (C=O) groups excluding carboxylic acids is 3. The smallest absolute Gasteiger partial charge is 0.306 e. The number of rotatable bonds is 10. The van der Waals surface area contributed by atoms with E-state index in [1.807, 2.05) is 30.3 Å². The Morgan fingerprint density at radius 1 is 1.20 bits per heavy atom. The molecule has 0 aliphatic heterocycles. The van der Waals surface area contributed by atoms with Crippen LogP contribution in [0.15, 0.2) is 30.3 Å². The van der Waals surface area contributed by atoms with Gasteiger partial charge in [0.1, 0.15) is 5.75 Å². The summed E-state index contributed by atoms with van der Waals surface area (Å²) in [5.41, 5.74) is 0. The summed E-state index contributed by atoms with van der Waals surface area (Å²) in [7, 11) is 1.51. The van der Waals surface area contributed by atoms with E-state index in [0.29, 0.717) is 13.0 Å². The summed E-state index contributed by atoms with van der Waals surface area (Å²) in [5, 5.41) is 2.80. The molecule has 0 aromatic heterocycles. The summed E-state index contributed by atoms with van der Waals surface area (Å²) in [4.78, 5) is 36.3. The fraction of sp³-hybridized carbons (Fsp3) is 0.500. The van der Waals surface area contributed by atoms with Crippen LogP contribution in [0.2, 0.25) is 0 Å². The molecule has 136 valence electrons. The first-order chi connectivity index (χ1) is 12.0. The lowest BCUT2D eigenvalue weighted by Gasteiger charge is -2.16. The first-order valence-corrected chi connectivity index (χ1v) is 8.41. The molecule has 0 bridgehead atoms. The third kappa shape index (κ3) is 7.69. The van der Waals surface area contributed by atoms with E-state index in [1.54, 1.807) is 0 Å². The van der Waals surface area contributed by atoms with Crippen LogP contribution < -0.4 is 10.1 Å². The first-order valence-electron chi connectivity index (χ1n) is 8.41. The van der Waals surface area contributed by atoms with E-state index in [4.69, 9.17) is 9.47 Å². The van der Waals surface area contributed by atoms with Crippen LogP contribution in [-0.4, -0.2) is 55.5 Å². The highest BCUT2D eigenvalue weighted by atomic mass is 16.5. The highest BCUT2D eigenvalue weighted by Crippen LogP contribution is 2.18. The van der Waals surface area contributed by atoms with E-state index in [2.05, 4.69) is 5.32 Å². The Labute approximate surface area is 147 Å². The predicted molar refractivity (Wildman–Crippen MR) is 90.9 cm³/mol. The molecule has 1 aliphatic carbocycles. The second-order valence-corrected chi connectivity index (χ2v) is 6.02. The van der Waals surface area contributed by atoms with Gasteiger partial charge in [0.25, 0.3) is 5.91 Å². The third-order valence-electron chi connectivity index (χ3n) is 3.64. The zero-order chi connectivity index (χ0) is 18.1. The Bertz CT molecular complexity index is 586. The van der Waals surface area contributed by atoms with E-state index in [-0.39, 0.29) is 31.5 Å². The Balaban J connectivity index is 1.54. The van der Waals surface area contributed by atoms with Crippen molar-refractivity contribution in [2.75, 3.05) is 26.8 Å². The highest BCUT2D eigenvalue weighted by Gasteiger charge is 2.24. The van der Waals surface area contributed by atoms with Gasteiger partial charge in [-0.05, 0) is 31.4 Å². The zero-order valence-corrected chi connectivity index (χ0v) is 14.4. The van der Waals surface area contributed by atoms with Crippen LogP contribution in [-0.2, 0) is 19.1 Å². The van der Waals surface area contributed by atoms with E-state index in [0.717, 1.165) is 18.6 Å². The van der Waals surface area contributed by atoms with E-state index in [1.165, 1.54) is 11.9 Å². The molecule has 1 fully saturated rings. The van der Waals surface area contributed by atoms with Gasteiger partial charge >= 0.3 is 5.97 Å². The van der Waals surface area contributed by atoms with Crippen LogP contribution in [0, 0.1) is 0 Å². The lowest BCUT2D eigenvalue weighted by atomic mass is 10.3. The molecule has 7 heteroatoms. The Morgan fingerprint density at radius 3 is 2.60 bits per heavy atom. The maximum Gasteiger partial charge on any atom is 0.306 e. The number of likely N-dealkylation sites (N-methyl/N-ethyl adjacent to an activating group) is 1.